The monoisotopic (exact) mass is 262 g/mol. The lowest BCUT2D eigenvalue weighted by atomic mass is 10.1. The minimum absolute atomic E-state index is 0.0731. The minimum Gasteiger partial charge on any atom is -0.366 e. The van der Waals surface area contributed by atoms with Gasteiger partial charge in [0, 0.05) is 25.2 Å². The maximum atomic E-state index is 14.3. The van der Waals surface area contributed by atoms with Gasteiger partial charge in [0.1, 0.15) is 5.82 Å². The molecule has 2 unspecified atom stereocenters. The van der Waals surface area contributed by atoms with E-state index >= 15 is 0 Å². The van der Waals surface area contributed by atoms with E-state index in [1.807, 2.05) is 6.07 Å². The number of nitrogens with one attached hydrogen (secondary N) is 1. The third kappa shape index (κ3) is 2.76. The van der Waals surface area contributed by atoms with Crippen molar-refractivity contribution in [3.8, 4) is 0 Å². The van der Waals surface area contributed by atoms with Crippen molar-refractivity contribution in [2.75, 3.05) is 11.4 Å². The van der Waals surface area contributed by atoms with Gasteiger partial charge in [-0.15, -0.1) is 0 Å². The molecule has 1 aromatic rings. The van der Waals surface area contributed by atoms with Gasteiger partial charge in [-0.3, -0.25) is 0 Å². The van der Waals surface area contributed by atoms with E-state index in [1.54, 1.807) is 6.07 Å². The summed E-state index contributed by atoms with van der Waals surface area (Å²) in [4.78, 5) is 2.25. The van der Waals surface area contributed by atoms with Gasteiger partial charge in [-0.05, 0) is 43.7 Å². The van der Waals surface area contributed by atoms with Gasteiger partial charge in [0.05, 0.1) is 5.69 Å². The van der Waals surface area contributed by atoms with Gasteiger partial charge in [-0.2, -0.15) is 0 Å². The van der Waals surface area contributed by atoms with Crippen molar-refractivity contribution in [2.24, 2.45) is 5.92 Å². The fourth-order valence-electron chi connectivity index (χ4n) is 3.18. The fourth-order valence-corrected chi connectivity index (χ4v) is 3.18. The Morgan fingerprint density at radius 2 is 2.11 bits per heavy atom. The molecule has 2 nitrogen and oxygen atoms in total. The minimum atomic E-state index is -0.0731. The van der Waals surface area contributed by atoms with E-state index in [-0.39, 0.29) is 5.82 Å². The number of nitrogens with zero attached hydrogens (tertiary/aromatic N) is 1. The second-order valence-corrected chi connectivity index (χ2v) is 6.24. The predicted octanol–water partition coefficient (Wildman–Crippen LogP) is 3.31. The van der Waals surface area contributed by atoms with Gasteiger partial charge in [-0.25, -0.2) is 4.39 Å². The Balaban J connectivity index is 1.84. The Bertz CT molecular complexity index is 456. The van der Waals surface area contributed by atoms with Crippen molar-refractivity contribution >= 4 is 5.69 Å². The first kappa shape index (κ1) is 12.9. The summed E-state index contributed by atoms with van der Waals surface area (Å²) in [6, 6.07) is 6.57. The van der Waals surface area contributed by atoms with Crippen LogP contribution < -0.4 is 10.2 Å². The number of anilines is 1. The molecule has 3 rings (SSSR count). The van der Waals surface area contributed by atoms with E-state index in [9.17, 15) is 4.39 Å². The molecule has 2 atom stereocenters. The Morgan fingerprint density at radius 1 is 1.32 bits per heavy atom. The molecule has 2 fully saturated rings. The molecule has 0 bridgehead atoms. The number of benzene rings is 1. The molecule has 0 aromatic heterocycles. The van der Waals surface area contributed by atoms with Crippen molar-refractivity contribution in [1.29, 1.82) is 0 Å². The van der Waals surface area contributed by atoms with Crippen molar-refractivity contribution in [1.82, 2.24) is 5.32 Å². The smallest absolute Gasteiger partial charge is 0.146 e. The summed E-state index contributed by atoms with van der Waals surface area (Å²) in [7, 11) is 0. The molecule has 1 saturated carbocycles. The lowest BCUT2D eigenvalue weighted by Gasteiger charge is -2.27. The molecule has 1 aromatic carbocycles. The van der Waals surface area contributed by atoms with Gasteiger partial charge < -0.3 is 10.2 Å². The zero-order chi connectivity index (χ0) is 13.4. The van der Waals surface area contributed by atoms with Crippen LogP contribution in [0.5, 0.6) is 0 Å². The molecular formula is C16H23FN2. The zero-order valence-corrected chi connectivity index (χ0v) is 11.8. The summed E-state index contributed by atoms with van der Waals surface area (Å²) in [6.07, 6.45) is 3.69. The Hall–Kier alpha value is -1.09. The molecule has 1 aliphatic heterocycles. The van der Waals surface area contributed by atoms with Crippen LogP contribution in [-0.2, 0) is 6.54 Å². The fraction of sp³-hybridized carbons (Fsp3) is 0.625. The number of halogens is 1. The van der Waals surface area contributed by atoms with E-state index in [4.69, 9.17) is 0 Å². The van der Waals surface area contributed by atoms with Crippen LogP contribution in [0.15, 0.2) is 18.2 Å². The lowest BCUT2D eigenvalue weighted by Crippen LogP contribution is -2.29. The van der Waals surface area contributed by atoms with Crippen LogP contribution >= 0.6 is 0 Å². The average molecular weight is 262 g/mol. The Kier molecular flexibility index (Phi) is 3.48. The topological polar surface area (TPSA) is 15.3 Å². The standard InChI is InChI=1S/C16H23FN2/c1-11-8-12(2)19(10-11)16-13(4-3-5-15(16)17)9-18-14-6-7-14/h3-5,11-12,14,18H,6-10H2,1-2H3. The van der Waals surface area contributed by atoms with Gasteiger partial charge >= 0.3 is 0 Å². The predicted molar refractivity (Wildman–Crippen MR) is 76.9 cm³/mol. The molecule has 1 N–H and O–H groups in total. The van der Waals surface area contributed by atoms with E-state index in [0.29, 0.717) is 18.0 Å². The Morgan fingerprint density at radius 3 is 2.74 bits per heavy atom. The largest absolute Gasteiger partial charge is 0.366 e. The number of para-hydroxylation sites is 1. The highest BCUT2D eigenvalue weighted by atomic mass is 19.1. The second kappa shape index (κ2) is 5.12. The normalized spacial score (nSPS) is 27.0. The molecular weight excluding hydrogens is 239 g/mol. The SMILES string of the molecule is CC1CC(C)N(c2c(F)cccc2CNC2CC2)C1. The molecule has 19 heavy (non-hydrogen) atoms. The number of hydrogen-bond donors (Lipinski definition) is 1. The van der Waals surface area contributed by atoms with E-state index in [0.717, 1.165) is 30.8 Å². The summed E-state index contributed by atoms with van der Waals surface area (Å²) in [5.74, 6) is 0.579. The molecule has 0 radical (unpaired) electrons. The van der Waals surface area contributed by atoms with E-state index in [2.05, 4.69) is 30.1 Å². The second-order valence-electron chi connectivity index (χ2n) is 6.24. The summed E-state index contributed by atoms with van der Waals surface area (Å²) < 4.78 is 14.3. The maximum Gasteiger partial charge on any atom is 0.146 e. The van der Waals surface area contributed by atoms with Crippen LogP contribution in [0.2, 0.25) is 0 Å². The quantitative estimate of drug-likeness (QED) is 0.895. The summed E-state index contributed by atoms with van der Waals surface area (Å²) in [5, 5.41) is 3.50. The van der Waals surface area contributed by atoms with E-state index in [1.165, 1.54) is 12.8 Å². The molecule has 0 amide bonds. The Labute approximate surface area is 115 Å². The molecule has 2 aliphatic rings. The average Bonchev–Trinajstić information content (AvgIpc) is 3.12. The van der Waals surface area contributed by atoms with Crippen molar-refractivity contribution in [3.05, 3.63) is 29.6 Å². The van der Waals surface area contributed by atoms with E-state index < -0.39 is 0 Å². The maximum absolute atomic E-state index is 14.3. The van der Waals surface area contributed by atoms with Crippen molar-refractivity contribution in [3.63, 3.8) is 0 Å². The van der Waals surface area contributed by atoms with Crippen LogP contribution in [0, 0.1) is 11.7 Å². The summed E-state index contributed by atoms with van der Waals surface area (Å²) >= 11 is 0. The molecule has 3 heteroatoms. The third-order valence-electron chi connectivity index (χ3n) is 4.30. The van der Waals surface area contributed by atoms with Gasteiger partial charge in [-0.1, -0.05) is 19.1 Å². The molecule has 1 heterocycles. The van der Waals surface area contributed by atoms with Crippen molar-refractivity contribution < 1.29 is 4.39 Å². The third-order valence-corrected chi connectivity index (χ3v) is 4.30. The molecule has 1 aliphatic carbocycles. The summed E-state index contributed by atoms with van der Waals surface area (Å²) in [6.45, 7) is 6.21. The molecule has 104 valence electrons. The van der Waals surface area contributed by atoms with Crippen LogP contribution in [0.4, 0.5) is 10.1 Å². The highest BCUT2D eigenvalue weighted by Crippen LogP contribution is 2.33. The number of hydrogen-bond acceptors (Lipinski definition) is 2. The van der Waals surface area contributed by atoms with Crippen LogP contribution in [-0.4, -0.2) is 18.6 Å². The lowest BCUT2D eigenvalue weighted by molar-refractivity contribution is 0.603. The van der Waals surface area contributed by atoms with Gasteiger partial charge in [0.2, 0.25) is 0 Å². The first-order valence-corrected chi connectivity index (χ1v) is 7.42. The molecule has 1 saturated heterocycles. The first-order chi connectivity index (χ1) is 9.15. The summed E-state index contributed by atoms with van der Waals surface area (Å²) in [5.41, 5.74) is 1.93. The van der Waals surface area contributed by atoms with Crippen LogP contribution in [0.1, 0.15) is 38.7 Å². The van der Waals surface area contributed by atoms with Crippen LogP contribution in [0.3, 0.4) is 0 Å². The van der Waals surface area contributed by atoms with Gasteiger partial charge in [0.15, 0.2) is 0 Å². The van der Waals surface area contributed by atoms with Gasteiger partial charge in [0.25, 0.3) is 0 Å². The van der Waals surface area contributed by atoms with Crippen LogP contribution in [0.25, 0.3) is 0 Å². The van der Waals surface area contributed by atoms with Crippen molar-refractivity contribution in [2.45, 2.75) is 51.7 Å². The zero-order valence-electron chi connectivity index (χ0n) is 11.8. The highest BCUT2D eigenvalue weighted by molar-refractivity contribution is 5.56. The highest BCUT2D eigenvalue weighted by Gasteiger charge is 2.30. The molecule has 0 spiro atoms. The number of rotatable bonds is 4. The first-order valence-electron chi connectivity index (χ1n) is 7.42.